The first kappa shape index (κ1) is 19.0. The Balaban J connectivity index is 2.00. The fourth-order valence-electron chi connectivity index (χ4n) is 3.20. The third kappa shape index (κ3) is 5.31. The molecule has 0 unspecified atom stereocenters. The lowest BCUT2D eigenvalue weighted by Crippen LogP contribution is -2.52. The van der Waals surface area contributed by atoms with Gasteiger partial charge in [0.2, 0.25) is 17.7 Å². The molecular weight excluding hydrogens is 318 g/mol. The number of carbonyl (C=O) groups excluding carboxylic acids is 3. The van der Waals surface area contributed by atoms with E-state index in [-0.39, 0.29) is 24.2 Å². The number of likely N-dealkylation sites (tertiary alicyclic amines) is 1. The Bertz CT molecular complexity index is 616. The van der Waals surface area contributed by atoms with E-state index in [9.17, 15) is 14.4 Å². The van der Waals surface area contributed by atoms with Gasteiger partial charge in [-0.3, -0.25) is 14.4 Å². The highest BCUT2D eigenvalue weighted by Gasteiger charge is 2.35. The molecule has 1 aliphatic heterocycles. The molecular formula is C19H27N3O3. The molecule has 0 bridgehead atoms. The molecule has 1 heterocycles. The molecule has 1 aliphatic rings. The van der Waals surface area contributed by atoms with Crippen LogP contribution in [-0.2, 0) is 20.8 Å². The maximum atomic E-state index is 12.6. The summed E-state index contributed by atoms with van der Waals surface area (Å²) in [4.78, 5) is 38.4. The van der Waals surface area contributed by atoms with E-state index in [4.69, 9.17) is 5.73 Å². The topological polar surface area (TPSA) is 92.5 Å². The van der Waals surface area contributed by atoms with Gasteiger partial charge in [-0.2, -0.15) is 0 Å². The fourth-order valence-corrected chi connectivity index (χ4v) is 3.20. The first-order valence-corrected chi connectivity index (χ1v) is 8.81. The minimum atomic E-state index is -0.695. The van der Waals surface area contributed by atoms with Crippen molar-refractivity contribution < 1.29 is 14.4 Å². The second kappa shape index (κ2) is 8.65. The van der Waals surface area contributed by atoms with E-state index in [1.165, 1.54) is 0 Å². The SMILES string of the molecule is CC(C)C[C@H](NC(=O)[C@@H]1CCCN1C(=O)Cc1ccccc1)C(N)=O. The Morgan fingerprint density at radius 3 is 2.52 bits per heavy atom. The van der Waals surface area contributed by atoms with Crippen LogP contribution in [0.5, 0.6) is 0 Å². The molecule has 1 fully saturated rings. The fraction of sp³-hybridized carbons (Fsp3) is 0.526. The number of carbonyl (C=O) groups is 3. The third-order valence-corrected chi connectivity index (χ3v) is 4.44. The summed E-state index contributed by atoms with van der Waals surface area (Å²) in [6.07, 6.45) is 2.16. The molecule has 0 aromatic heterocycles. The van der Waals surface area contributed by atoms with Crippen LogP contribution in [-0.4, -0.2) is 41.2 Å². The van der Waals surface area contributed by atoms with Crippen LogP contribution in [0.3, 0.4) is 0 Å². The van der Waals surface area contributed by atoms with Crippen molar-refractivity contribution >= 4 is 17.7 Å². The quantitative estimate of drug-likeness (QED) is 0.778. The lowest BCUT2D eigenvalue weighted by Gasteiger charge is -2.26. The normalized spacial score (nSPS) is 18.2. The van der Waals surface area contributed by atoms with Gasteiger partial charge in [0.1, 0.15) is 12.1 Å². The highest BCUT2D eigenvalue weighted by atomic mass is 16.2. The zero-order chi connectivity index (χ0) is 18.4. The summed E-state index contributed by atoms with van der Waals surface area (Å²) in [7, 11) is 0. The van der Waals surface area contributed by atoms with Gasteiger partial charge in [-0.05, 0) is 30.7 Å². The smallest absolute Gasteiger partial charge is 0.243 e. The highest BCUT2D eigenvalue weighted by molar-refractivity contribution is 5.92. The van der Waals surface area contributed by atoms with Crippen LogP contribution in [0.4, 0.5) is 0 Å². The third-order valence-electron chi connectivity index (χ3n) is 4.44. The van der Waals surface area contributed by atoms with Gasteiger partial charge in [0.15, 0.2) is 0 Å². The van der Waals surface area contributed by atoms with E-state index >= 15 is 0 Å². The molecule has 3 N–H and O–H groups in total. The van der Waals surface area contributed by atoms with Crippen molar-refractivity contribution in [1.29, 1.82) is 0 Å². The van der Waals surface area contributed by atoms with Crippen LogP contribution in [0.25, 0.3) is 0 Å². The number of amides is 3. The van der Waals surface area contributed by atoms with Crippen molar-refractivity contribution in [2.75, 3.05) is 6.54 Å². The molecule has 2 rings (SSSR count). The second-order valence-corrected chi connectivity index (χ2v) is 7.00. The van der Waals surface area contributed by atoms with Crippen molar-refractivity contribution in [3.05, 3.63) is 35.9 Å². The molecule has 1 aromatic carbocycles. The minimum absolute atomic E-state index is 0.0664. The van der Waals surface area contributed by atoms with Gasteiger partial charge in [0.05, 0.1) is 6.42 Å². The van der Waals surface area contributed by atoms with Crippen LogP contribution in [0.1, 0.15) is 38.7 Å². The van der Waals surface area contributed by atoms with Gasteiger partial charge in [0, 0.05) is 6.54 Å². The van der Waals surface area contributed by atoms with Gasteiger partial charge in [-0.25, -0.2) is 0 Å². The number of nitrogens with one attached hydrogen (secondary N) is 1. The van der Waals surface area contributed by atoms with Gasteiger partial charge in [-0.15, -0.1) is 0 Å². The van der Waals surface area contributed by atoms with Gasteiger partial charge < -0.3 is 16.0 Å². The van der Waals surface area contributed by atoms with E-state index in [1.54, 1.807) is 4.90 Å². The van der Waals surface area contributed by atoms with Crippen LogP contribution in [0.2, 0.25) is 0 Å². The summed E-state index contributed by atoms with van der Waals surface area (Å²) in [6, 6.07) is 8.26. The summed E-state index contributed by atoms with van der Waals surface area (Å²) in [5.41, 5.74) is 6.32. The van der Waals surface area contributed by atoms with E-state index in [0.717, 1.165) is 12.0 Å². The van der Waals surface area contributed by atoms with Crippen molar-refractivity contribution in [2.45, 2.75) is 51.6 Å². The predicted octanol–water partition coefficient (Wildman–Crippen LogP) is 1.24. The molecule has 136 valence electrons. The van der Waals surface area contributed by atoms with Crippen LogP contribution in [0, 0.1) is 5.92 Å². The lowest BCUT2D eigenvalue weighted by atomic mass is 10.0. The predicted molar refractivity (Wildman–Crippen MR) is 95.5 cm³/mol. The number of rotatable bonds is 7. The van der Waals surface area contributed by atoms with Gasteiger partial charge in [0.25, 0.3) is 0 Å². The second-order valence-electron chi connectivity index (χ2n) is 7.00. The molecule has 1 saturated heterocycles. The Hall–Kier alpha value is -2.37. The highest BCUT2D eigenvalue weighted by Crippen LogP contribution is 2.19. The van der Waals surface area contributed by atoms with E-state index < -0.39 is 18.0 Å². The van der Waals surface area contributed by atoms with E-state index in [2.05, 4.69) is 5.32 Å². The van der Waals surface area contributed by atoms with Crippen molar-refractivity contribution in [3.63, 3.8) is 0 Å². The number of nitrogens with zero attached hydrogens (tertiary/aromatic N) is 1. The number of hydrogen-bond donors (Lipinski definition) is 2. The molecule has 25 heavy (non-hydrogen) atoms. The maximum Gasteiger partial charge on any atom is 0.243 e. The Morgan fingerprint density at radius 1 is 1.24 bits per heavy atom. The van der Waals surface area contributed by atoms with Gasteiger partial charge in [-0.1, -0.05) is 44.2 Å². The zero-order valence-electron chi connectivity index (χ0n) is 14.9. The summed E-state index contributed by atoms with van der Waals surface area (Å²) in [5, 5.41) is 2.73. The number of hydrogen-bond acceptors (Lipinski definition) is 3. The maximum absolute atomic E-state index is 12.6. The Labute approximate surface area is 148 Å². The van der Waals surface area contributed by atoms with E-state index in [1.807, 2.05) is 44.2 Å². The largest absolute Gasteiger partial charge is 0.368 e. The van der Waals surface area contributed by atoms with Crippen molar-refractivity contribution in [3.8, 4) is 0 Å². The summed E-state index contributed by atoms with van der Waals surface area (Å²) in [5.74, 6) is -0.661. The number of nitrogens with two attached hydrogens (primary N) is 1. The first-order chi connectivity index (χ1) is 11.9. The molecule has 6 heteroatoms. The summed E-state index contributed by atoms with van der Waals surface area (Å²) >= 11 is 0. The zero-order valence-corrected chi connectivity index (χ0v) is 14.9. The van der Waals surface area contributed by atoms with Crippen molar-refractivity contribution in [1.82, 2.24) is 10.2 Å². The molecule has 2 atom stereocenters. The van der Waals surface area contributed by atoms with Crippen LogP contribution < -0.4 is 11.1 Å². The van der Waals surface area contributed by atoms with Gasteiger partial charge >= 0.3 is 0 Å². The standard InChI is InChI=1S/C19H27N3O3/c1-13(2)11-15(18(20)24)21-19(25)16-9-6-10-22(16)17(23)12-14-7-4-3-5-8-14/h3-5,7-8,13,15-16H,6,9-12H2,1-2H3,(H2,20,24)(H,21,25)/t15-,16-/m0/s1. The van der Waals surface area contributed by atoms with E-state index in [0.29, 0.717) is 19.4 Å². The molecule has 3 amide bonds. The Morgan fingerprint density at radius 2 is 1.92 bits per heavy atom. The molecule has 0 aliphatic carbocycles. The molecule has 1 aromatic rings. The molecule has 0 radical (unpaired) electrons. The van der Waals surface area contributed by atoms with Crippen molar-refractivity contribution in [2.24, 2.45) is 11.7 Å². The van der Waals surface area contributed by atoms with Crippen LogP contribution >= 0.6 is 0 Å². The minimum Gasteiger partial charge on any atom is -0.368 e. The number of benzene rings is 1. The Kier molecular flexibility index (Phi) is 6.56. The summed E-state index contributed by atoms with van der Waals surface area (Å²) < 4.78 is 0. The average Bonchev–Trinajstić information content (AvgIpc) is 3.04. The lowest BCUT2D eigenvalue weighted by molar-refractivity contribution is -0.139. The molecule has 0 saturated carbocycles. The summed E-state index contributed by atoms with van der Waals surface area (Å²) in [6.45, 7) is 4.50. The number of primary amides is 1. The van der Waals surface area contributed by atoms with Crippen LogP contribution in [0.15, 0.2) is 30.3 Å². The monoisotopic (exact) mass is 345 g/mol. The average molecular weight is 345 g/mol. The molecule has 0 spiro atoms. The molecule has 6 nitrogen and oxygen atoms in total. The first-order valence-electron chi connectivity index (χ1n) is 8.81.